The quantitative estimate of drug-likeness (QED) is 0.725. The molecule has 1 amide bonds. The number of fused-ring (bicyclic) bond motifs is 1. The minimum atomic E-state index is -0.293. The highest BCUT2D eigenvalue weighted by atomic mass is 32.1. The number of amides is 1. The molecule has 3 aromatic rings. The van der Waals surface area contributed by atoms with E-state index in [9.17, 15) is 9.59 Å². The van der Waals surface area contributed by atoms with E-state index >= 15 is 0 Å². The number of carbonyl (C=O) groups excluding carboxylic acids is 1. The Morgan fingerprint density at radius 2 is 2.08 bits per heavy atom. The van der Waals surface area contributed by atoms with Gasteiger partial charge in [0.1, 0.15) is 24.1 Å². The molecule has 4 rings (SSSR count). The van der Waals surface area contributed by atoms with Crippen LogP contribution < -0.4 is 5.56 Å². The van der Waals surface area contributed by atoms with Crippen molar-refractivity contribution < 1.29 is 4.79 Å². The summed E-state index contributed by atoms with van der Waals surface area (Å²) in [5, 5.41) is 10.4. The second-order valence-corrected chi connectivity index (χ2v) is 6.82. The minimum absolute atomic E-state index is 0.0190. The number of thiophene rings is 1. The van der Waals surface area contributed by atoms with Gasteiger partial charge in [-0.25, -0.2) is 9.20 Å². The van der Waals surface area contributed by atoms with Crippen LogP contribution in [0.4, 0.5) is 0 Å². The Kier molecular flexibility index (Phi) is 3.89. The topological polar surface area (TPSA) is 72.5 Å². The maximum atomic E-state index is 12.6. The zero-order valence-corrected chi connectivity index (χ0v) is 13.9. The normalized spacial score (nSPS) is 15.1. The smallest absolute Gasteiger partial charge is 0.293 e. The van der Waals surface area contributed by atoms with Gasteiger partial charge in [-0.15, -0.1) is 11.3 Å². The monoisotopic (exact) mass is 343 g/mol. The summed E-state index contributed by atoms with van der Waals surface area (Å²) >= 11 is 1.56. The Balaban J connectivity index is 1.63. The molecule has 0 unspecified atom stereocenters. The van der Waals surface area contributed by atoms with Gasteiger partial charge >= 0.3 is 0 Å². The summed E-state index contributed by atoms with van der Waals surface area (Å²) in [6.07, 6.45) is 4.70. The lowest BCUT2D eigenvalue weighted by atomic mass is 10.1. The van der Waals surface area contributed by atoms with Gasteiger partial charge < -0.3 is 4.90 Å². The summed E-state index contributed by atoms with van der Waals surface area (Å²) in [6, 6.07) is 5.65. The van der Waals surface area contributed by atoms with Crippen LogP contribution in [0.3, 0.4) is 0 Å². The van der Waals surface area contributed by atoms with Crippen LogP contribution in [-0.4, -0.2) is 43.3 Å². The van der Waals surface area contributed by atoms with Crippen molar-refractivity contribution in [2.45, 2.75) is 25.8 Å². The first-order chi connectivity index (χ1) is 11.7. The predicted octanol–water partition coefficient (Wildman–Crippen LogP) is 1.63. The number of hydrogen-bond donors (Lipinski definition) is 0. The highest BCUT2D eigenvalue weighted by Gasteiger charge is 2.18. The van der Waals surface area contributed by atoms with Crippen LogP contribution in [0.5, 0.6) is 0 Å². The van der Waals surface area contributed by atoms with Crippen LogP contribution in [0, 0.1) is 0 Å². The second kappa shape index (κ2) is 6.20. The van der Waals surface area contributed by atoms with Crippen molar-refractivity contribution in [3.8, 4) is 10.6 Å². The Morgan fingerprint density at radius 3 is 2.83 bits per heavy atom. The molecule has 24 heavy (non-hydrogen) atoms. The third-order valence-corrected chi connectivity index (χ3v) is 5.15. The van der Waals surface area contributed by atoms with Gasteiger partial charge in [0.25, 0.3) is 5.56 Å². The summed E-state index contributed by atoms with van der Waals surface area (Å²) in [7, 11) is 0. The molecule has 1 saturated heterocycles. The number of nitrogens with zero attached hydrogens (tertiary/aromatic N) is 5. The lowest BCUT2D eigenvalue weighted by Crippen LogP contribution is -2.40. The van der Waals surface area contributed by atoms with Crippen LogP contribution in [-0.2, 0) is 11.3 Å². The first-order valence-corrected chi connectivity index (χ1v) is 8.87. The van der Waals surface area contributed by atoms with Crippen molar-refractivity contribution in [1.82, 2.24) is 24.3 Å². The Hall–Kier alpha value is -2.48. The Bertz CT molecular complexity index is 922. The average Bonchev–Trinajstić information content (AvgIpc) is 3.27. The predicted molar refractivity (Wildman–Crippen MR) is 91.0 cm³/mol. The van der Waals surface area contributed by atoms with Crippen molar-refractivity contribution >= 4 is 22.8 Å². The summed E-state index contributed by atoms with van der Waals surface area (Å²) in [6.45, 7) is 1.52. The molecule has 1 aliphatic rings. The minimum Gasteiger partial charge on any atom is -0.341 e. The Morgan fingerprint density at radius 1 is 1.25 bits per heavy atom. The van der Waals surface area contributed by atoms with Crippen molar-refractivity contribution in [3.05, 3.63) is 40.3 Å². The maximum absolute atomic E-state index is 12.6. The van der Waals surface area contributed by atoms with Gasteiger partial charge in [0.2, 0.25) is 5.91 Å². The molecule has 0 aromatic carbocycles. The Labute approximate surface area is 142 Å². The fraction of sp³-hybridized carbons (Fsp3) is 0.375. The molecular weight excluding hydrogens is 326 g/mol. The summed E-state index contributed by atoms with van der Waals surface area (Å²) < 4.78 is 2.70. The zero-order valence-electron chi connectivity index (χ0n) is 13.1. The van der Waals surface area contributed by atoms with Gasteiger partial charge in [0.15, 0.2) is 0 Å². The molecule has 1 fully saturated rings. The van der Waals surface area contributed by atoms with E-state index < -0.39 is 0 Å². The van der Waals surface area contributed by atoms with Gasteiger partial charge in [-0.05, 0) is 36.8 Å². The molecule has 1 aliphatic heterocycles. The highest BCUT2D eigenvalue weighted by Crippen LogP contribution is 2.23. The van der Waals surface area contributed by atoms with Crippen molar-refractivity contribution in [2.24, 2.45) is 0 Å². The van der Waals surface area contributed by atoms with Crippen LogP contribution in [0.1, 0.15) is 19.3 Å². The van der Waals surface area contributed by atoms with Gasteiger partial charge in [0, 0.05) is 13.1 Å². The number of aromatic nitrogens is 4. The molecule has 0 radical (unpaired) electrons. The third kappa shape index (κ3) is 2.73. The summed E-state index contributed by atoms with van der Waals surface area (Å²) in [5.74, 6) is -0.0494. The first kappa shape index (κ1) is 15.1. The van der Waals surface area contributed by atoms with E-state index in [0.29, 0.717) is 5.52 Å². The summed E-state index contributed by atoms with van der Waals surface area (Å²) in [5.41, 5.74) is 0.877. The third-order valence-electron chi connectivity index (χ3n) is 4.26. The van der Waals surface area contributed by atoms with E-state index in [-0.39, 0.29) is 18.0 Å². The van der Waals surface area contributed by atoms with Crippen LogP contribution in [0.2, 0.25) is 0 Å². The molecule has 8 heteroatoms. The number of hydrogen-bond acceptors (Lipinski definition) is 5. The molecule has 0 spiro atoms. The number of carbonyl (C=O) groups is 1. The first-order valence-electron chi connectivity index (χ1n) is 7.99. The molecule has 124 valence electrons. The van der Waals surface area contributed by atoms with Crippen LogP contribution in [0.25, 0.3) is 16.1 Å². The lowest BCUT2D eigenvalue weighted by Gasteiger charge is -2.26. The van der Waals surface area contributed by atoms with Crippen molar-refractivity contribution in [1.29, 1.82) is 0 Å². The van der Waals surface area contributed by atoms with Crippen molar-refractivity contribution in [2.75, 3.05) is 13.1 Å². The van der Waals surface area contributed by atoms with E-state index in [1.54, 1.807) is 17.4 Å². The number of likely N-dealkylation sites (tertiary alicyclic amines) is 1. The molecule has 3 aromatic heterocycles. The SMILES string of the molecule is O=C(Cn1ncn2nc(-c3cccs3)cc2c1=O)N1CCCCC1. The standard InChI is InChI=1S/C16H17N5O2S/c22-15(19-6-2-1-3-7-19)10-20-16(23)13-9-12(14-5-4-8-24-14)18-21(13)11-17-20/h4-5,8-9,11H,1-3,6-7,10H2. The van der Waals surface area contributed by atoms with E-state index in [4.69, 9.17) is 0 Å². The molecule has 0 N–H and O–H groups in total. The highest BCUT2D eigenvalue weighted by molar-refractivity contribution is 7.13. The van der Waals surface area contributed by atoms with Gasteiger partial charge in [-0.2, -0.15) is 10.2 Å². The van der Waals surface area contributed by atoms with Gasteiger partial charge in [-0.1, -0.05) is 6.07 Å². The average molecular weight is 343 g/mol. The zero-order chi connectivity index (χ0) is 16.5. The van der Waals surface area contributed by atoms with E-state index in [1.165, 1.54) is 15.5 Å². The van der Waals surface area contributed by atoms with Gasteiger partial charge in [-0.3, -0.25) is 9.59 Å². The molecule has 0 bridgehead atoms. The lowest BCUT2D eigenvalue weighted by molar-refractivity contribution is -0.133. The molecule has 7 nitrogen and oxygen atoms in total. The number of piperidine rings is 1. The summed E-state index contributed by atoms with van der Waals surface area (Å²) in [4.78, 5) is 27.8. The molecule has 0 saturated carbocycles. The molecular formula is C16H17N5O2S. The molecule has 0 atom stereocenters. The molecule has 4 heterocycles. The molecule has 0 aliphatic carbocycles. The van der Waals surface area contributed by atoms with E-state index in [1.807, 2.05) is 22.4 Å². The van der Waals surface area contributed by atoms with E-state index in [2.05, 4.69) is 10.2 Å². The fourth-order valence-corrected chi connectivity index (χ4v) is 3.65. The van der Waals surface area contributed by atoms with E-state index in [0.717, 1.165) is 42.9 Å². The largest absolute Gasteiger partial charge is 0.341 e. The fourth-order valence-electron chi connectivity index (χ4n) is 2.97. The van der Waals surface area contributed by atoms with Crippen molar-refractivity contribution in [3.63, 3.8) is 0 Å². The maximum Gasteiger partial charge on any atom is 0.293 e. The van der Waals surface area contributed by atoms with Crippen LogP contribution in [0.15, 0.2) is 34.7 Å². The van der Waals surface area contributed by atoms with Gasteiger partial charge in [0.05, 0.1) is 4.88 Å². The number of rotatable bonds is 3. The second-order valence-electron chi connectivity index (χ2n) is 5.87. The van der Waals surface area contributed by atoms with Crippen LogP contribution >= 0.6 is 11.3 Å².